The van der Waals surface area contributed by atoms with Crippen molar-refractivity contribution in [1.29, 1.82) is 0 Å². The molecule has 1 amide bonds. The zero-order valence-electron chi connectivity index (χ0n) is 12.1. The first-order chi connectivity index (χ1) is 8.85. The third kappa shape index (κ3) is 4.11. The van der Waals surface area contributed by atoms with E-state index < -0.39 is 35.6 Å². The Morgan fingerprint density at radius 1 is 1.25 bits per heavy atom. The molecule has 0 N–H and O–H groups in total. The highest BCUT2D eigenvalue weighted by atomic mass is 19.4. The second kappa shape index (κ2) is 5.26. The molecule has 1 saturated heterocycles. The van der Waals surface area contributed by atoms with Crippen molar-refractivity contribution in [3.63, 3.8) is 0 Å². The van der Waals surface area contributed by atoms with Gasteiger partial charge >= 0.3 is 12.3 Å². The van der Waals surface area contributed by atoms with E-state index in [4.69, 9.17) is 4.74 Å². The minimum Gasteiger partial charge on any atom is -0.444 e. The Morgan fingerprint density at radius 3 is 2.25 bits per heavy atom. The van der Waals surface area contributed by atoms with E-state index >= 15 is 0 Å². The minimum atomic E-state index is -4.57. The van der Waals surface area contributed by atoms with Crippen LogP contribution in [0.3, 0.4) is 0 Å². The van der Waals surface area contributed by atoms with Crippen molar-refractivity contribution in [3.8, 4) is 0 Å². The molecule has 4 nitrogen and oxygen atoms in total. The summed E-state index contributed by atoms with van der Waals surface area (Å²) in [5.74, 6) is -0.992. The fraction of sp³-hybridized carbons (Fsp3) is 0.846. The fourth-order valence-corrected chi connectivity index (χ4v) is 2.24. The maximum Gasteiger partial charge on any atom is 0.411 e. The summed E-state index contributed by atoms with van der Waals surface area (Å²) in [5.41, 5.74) is -2.19. The molecule has 116 valence electrons. The summed E-state index contributed by atoms with van der Waals surface area (Å²) >= 11 is 0. The smallest absolute Gasteiger partial charge is 0.411 e. The van der Waals surface area contributed by atoms with E-state index in [2.05, 4.69) is 0 Å². The number of ketones is 1. The summed E-state index contributed by atoms with van der Waals surface area (Å²) in [6.45, 7) is 6.59. The molecule has 1 heterocycles. The standard InChI is InChI=1S/C13H20F3NO3/c1-11(2,3)20-10(19)17-7-5-6-12(17,4)9(18)8-13(14,15)16/h5-8H2,1-4H3/t12-/m0/s1. The molecule has 20 heavy (non-hydrogen) atoms. The monoisotopic (exact) mass is 295 g/mol. The van der Waals surface area contributed by atoms with Crippen molar-refractivity contribution in [2.75, 3.05) is 6.54 Å². The molecule has 7 heteroatoms. The van der Waals surface area contributed by atoms with Crippen LogP contribution in [-0.2, 0) is 9.53 Å². The van der Waals surface area contributed by atoms with E-state index in [9.17, 15) is 22.8 Å². The molecule has 1 fully saturated rings. The fourth-order valence-electron chi connectivity index (χ4n) is 2.24. The number of carbonyl (C=O) groups excluding carboxylic acids is 2. The molecule has 0 saturated carbocycles. The predicted molar refractivity (Wildman–Crippen MR) is 66.3 cm³/mol. The highest BCUT2D eigenvalue weighted by Crippen LogP contribution is 2.35. The molecule has 0 unspecified atom stereocenters. The average molecular weight is 295 g/mol. The number of halogens is 3. The Kier molecular flexibility index (Phi) is 4.41. The van der Waals surface area contributed by atoms with Crippen molar-refractivity contribution >= 4 is 11.9 Å². The molecule has 0 spiro atoms. The molecule has 0 aliphatic carbocycles. The Bertz CT molecular complexity index is 401. The zero-order valence-corrected chi connectivity index (χ0v) is 12.1. The molecule has 0 aromatic rings. The molecular weight excluding hydrogens is 275 g/mol. The number of hydrogen-bond acceptors (Lipinski definition) is 3. The lowest BCUT2D eigenvalue weighted by molar-refractivity contribution is -0.159. The Balaban J connectivity index is 2.87. The van der Waals surface area contributed by atoms with Gasteiger partial charge < -0.3 is 4.74 Å². The van der Waals surface area contributed by atoms with Gasteiger partial charge in [0.2, 0.25) is 0 Å². The van der Waals surface area contributed by atoms with E-state index in [-0.39, 0.29) is 13.0 Å². The van der Waals surface area contributed by atoms with E-state index in [0.29, 0.717) is 6.42 Å². The summed E-state index contributed by atoms with van der Waals surface area (Å²) in [7, 11) is 0. The van der Waals surface area contributed by atoms with Crippen molar-refractivity contribution in [3.05, 3.63) is 0 Å². The maximum absolute atomic E-state index is 12.4. The first kappa shape index (κ1) is 16.8. The number of hydrogen-bond donors (Lipinski definition) is 0. The van der Waals surface area contributed by atoms with Crippen molar-refractivity contribution in [2.24, 2.45) is 0 Å². The van der Waals surface area contributed by atoms with E-state index in [1.54, 1.807) is 20.8 Å². The van der Waals surface area contributed by atoms with Gasteiger partial charge in [0.1, 0.15) is 17.6 Å². The van der Waals surface area contributed by atoms with Crippen molar-refractivity contribution < 1.29 is 27.5 Å². The summed E-state index contributed by atoms with van der Waals surface area (Å²) in [5, 5.41) is 0. The van der Waals surface area contributed by atoms with E-state index in [1.165, 1.54) is 6.92 Å². The highest BCUT2D eigenvalue weighted by Gasteiger charge is 2.49. The normalized spacial score (nSPS) is 23.9. The quantitative estimate of drug-likeness (QED) is 0.785. The van der Waals surface area contributed by atoms with Gasteiger partial charge in [-0.3, -0.25) is 9.69 Å². The number of nitrogens with zero attached hydrogens (tertiary/aromatic N) is 1. The van der Waals surface area contributed by atoms with Crippen LogP contribution in [0.5, 0.6) is 0 Å². The number of ether oxygens (including phenoxy) is 1. The summed E-state index contributed by atoms with van der Waals surface area (Å²) < 4.78 is 42.3. The van der Waals surface area contributed by atoms with Crippen LogP contribution in [0.25, 0.3) is 0 Å². The molecular formula is C13H20F3NO3. The van der Waals surface area contributed by atoms with Crippen LogP contribution in [-0.4, -0.2) is 40.6 Å². The van der Waals surface area contributed by atoms with Crippen LogP contribution in [0.1, 0.15) is 47.0 Å². The summed E-state index contributed by atoms with van der Waals surface area (Å²) in [4.78, 5) is 25.0. The number of Topliss-reactive ketones (excluding diaryl/α,β-unsaturated/α-hetero) is 1. The summed E-state index contributed by atoms with van der Waals surface area (Å²) in [6, 6.07) is 0. The van der Waals surface area contributed by atoms with Gasteiger partial charge in [0.05, 0.1) is 0 Å². The molecule has 1 rings (SSSR count). The first-order valence-electron chi connectivity index (χ1n) is 6.46. The van der Waals surface area contributed by atoms with Crippen LogP contribution in [0.15, 0.2) is 0 Å². The zero-order chi connectivity index (χ0) is 15.8. The topological polar surface area (TPSA) is 46.6 Å². The van der Waals surface area contributed by atoms with Crippen LogP contribution in [0.2, 0.25) is 0 Å². The molecule has 1 aliphatic heterocycles. The third-order valence-electron chi connectivity index (χ3n) is 3.22. The lowest BCUT2D eigenvalue weighted by atomic mass is 9.91. The number of amides is 1. The molecule has 1 atom stereocenters. The van der Waals surface area contributed by atoms with Gasteiger partial charge in [0, 0.05) is 6.54 Å². The van der Waals surface area contributed by atoms with Gasteiger partial charge in [-0.25, -0.2) is 4.79 Å². The van der Waals surface area contributed by atoms with E-state index in [0.717, 1.165) is 4.90 Å². The second-order valence-corrected chi connectivity index (χ2v) is 6.22. The van der Waals surface area contributed by atoms with Gasteiger partial charge in [-0.05, 0) is 40.5 Å². The van der Waals surface area contributed by atoms with Gasteiger partial charge in [-0.15, -0.1) is 0 Å². The van der Waals surface area contributed by atoms with Crippen LogP contribution in [0.4, 0.5) is 18.0 Å². The minimum absolute atomic E-state index is 0.223. The largest absolute Gasteiger partial charge is 0.444 e. The van der Waals surface area contributed by atoms with Gasteiger partial charge in [-0.2, -0.15) is 13.2 Å². The lowest BCUT2D eigenvalue weighted by Crippen LogP contribution is -2.53. The Morgan fingerprint density at radius 2 is 1.80 bits per heavy atom. The molecule has 0 radical (unpaired) electrons. The molecule has 0 aromatic heterocycles. The van der Waals surface area contributed by atoms with Gasteiger partial charge in [0.25, 0.3) is 0 Å². The Labute approximate surface area is 116 Å². The number of likely N-dealkylation sites (tertiary alicyclic amines) is 1. The maximum atomic E-state index is 12.4. The third-order valence-corrected chi connectivity index (χ3v) is 3.22. The van der Waals surface area contributed by atoms with Crippen molar-refractivity contribution in [1.82, 2.24) is 4.90 Å². The molecule has 0 bridgehead atoms. The predicted octanol–water partition coefficient (Wildman–Crippen LogP) is 3.30. The first-order valence-corrected chi connectivity index (χ1v) is 6.46. The summed E-state index contributed by atoms with van der Waals surface area (Å²) in [6.07, 6.45) is -6.13. The van der Waals surface area contributed by atoms with Crippen LogP contribution >= 0.6 is 0 Å². The van der Waals surface area contributed by atoms with E-state index in [1.807, 2.05) is 0 Å². The number of alkyl halides is 3. The lowest BCUT2D eigenvalue weighted by Gasteiger charge is -2.35. The SMILES string of the molecule is CC(C)(C)OC(=O)N1CCC[C@@]1(C)C(=O)CC(F)(F)F. The second-order valence-electron chi connectivity index (χ2n) is 6.22. The number of carbonyl (C=O) groups is 2. The van der Waals surface area contributed by atoms with Gasteiger partial charge in [0.15, 0.2) is 5.78 Å². The molecule has 0 aromatic carbocycles. The number of rotatable bonds is 2. The highest BCUT2D eigenvalue weighted by molar-refractivity contribution is 5.92. The Hall–Kier alpha value is -1.27. The van der Waals surface area contributed by atoms with Crippen molar-refractivity contribution in [2.45, 2.75) is 64.3 Å². The van der Waals surface area contributed by atoms with Crippen LogP contribution < -0.4 is 0 Å². The van der Waals surface area contributed by atoms with Gasteiger partial charge in [-0.1, -0.05) is 0 Å². The molecule has 1 aliphatic rings. The average Bonchev–Trinajstić information content (AvgIpc) is 2.56. The van der Waals surface area contributed by atoms with Crippen LogP contribution in [0, 0.1) is 0 Å².